The Bertz CT molecular complexity index is 1760. The van der Waals surface area contributed by atoms with E-state index in [1.807, 2.05) is 0 Å². The summed E-state index contributed by atoms with van der Waals surface area (Å²) in [7, 11) is 0. The van der Waals surface area contributed by atoms with Gasteiger partial charge in [-0.15, -0.1) is 0 Å². The molecule has 0 saturated carbocycles. The van der Waals surface area contributed by atoms with E-state index in [-0.39, 0.29) is 31.1 Å². The molecule has 0 saturated heterocycles. The van der Waals surface area contributed by atoms with E-state index in [4.69, 9.17) is 14.2 Å². The Morgan fingerprint density at radius 1 is 0.259 bits per heavy atom. The highest BCUT2D eigenvalue weighted by Gasteiger charge is 2.19. The molecule has 0 bridgehead atoms. The number of allylic oxidation sites excluding steroid dienone is 24. The fourth-order valence-corrected chi connectivity index (χ4v) is 8.89. The summed E-state index contributed by atoms with van der Waals surface area (Å²) in [5, 5.41) is 0. The van der Waals surface area contributed by atoms with E-state index < -0.39 is 6.10 Å². The van der Waals surface area contributed by atoms with Crippen molar-refractivity contribution >= 4 is 17.9 Å². The lowest BCUT2D eigenvalue weighted by Crippen LogP contribution is -2.30. The maximum atomic E-state index is 12.9. The van der Waals surface area contributed by atoms with E-state index in [2.05, 4.69) is 167 Å². The molecule has 0 spiro atoms. The second-order valence-corrected chi connectivity index (χ2v) is 21.6. The largest absolute Gasteiger partial charge is 0.462 e. The molecule has 0 aromatic heterocycles. The molecule has 6 heteroatoms. The van der Waals surface area contributed by atoms with E-state index in [0.29, 0.717) is 19.3 Å². The first-order chi connectivity index (χ1) is 40.0. The third kappa shape index (κ3) is 66.0. The van der Waals surface area contributed by atoms with Crippen molar-refractivity contribution < 1.29 is 28.6 Å². The molecule has 0 rings (SSSR count). The Morgan fingerprint density at radius 3 is 0.753 bits per heavy atom. The first-order valence-electron chi connectivity index (χ1n) is 33.3. The summed E-state index contributed by atoms with van der Waals surface area (Å²) in [5.74, 6) is -0.922. The van der Waals surface area contributed by atoms with Gasteiger partial charge >= 0.3 is 17.9 Å². The van der Waals surface area contributed by atoms with Crippen LogP contribution in [0.3, 0.4) is 0 Å². The summed E-state index contributed by atoms with van der Waals surface area (Å²) in [6.45, 7) is 6.33. The van der Waals surface area contributed by atoms with Crippen molar-refractivity contribution in [2.45, 2.75) is 297 Å². The van der Waals surface area contributed by atoms with Crippen LogP contribution in [-0.2, 0) is 28.6 Å². The third-order valence-electron chi connectivity index (χ3n) is 13.8. The highest BCUT2D eigenvalue weighted by atomic mass is 16.6. The monoisotopic (exact) mass is 1120 g/mol. The van der Waals surface area contributed by atoms with Crippen molar-refractivity contribution in [3.05, 3.63) is 146 Å². The maximum absolute atomic E-state index is 12.9. The Hall–Kier alpha value is -4.71. The lowest BCUT2D eigenvalue weighted by atomic mass is 10.0. The summed E-state index contributed by atoms with van der Waals surface area (Å²) < 4.78 is 16.9. The Balaban J connectivity index is 4.30. The first kappa shape index (κ1) is 76.3. The quantitative estimate of drug-likeness (QED) is 0.0261. The van der Waals surface area contributed by atoms with Crippen molar-refractivity contribution in [1.29, 1.82) is 0 Å². The predicted molar refractivity (Wildman–Crippen MR) is 352 cm³/mol. The number of ether oxygens (including phenoxy) is 3. The molecule has 1 atom stereocenters. The van der Waals surface area contributed by atoms with Crippen LogP contribution in [0.25, 0.3) is 0 Å². The van der Waals surface area contributed by atoms with Gasteiger partial charge in [0.2, 0.25) is 0 Å². The minimum atomic E-state index is -0.799. The van der Waals surface area contributed by atoms with Crippen LogP contribution in [0.2, 0.25) is 0 Å². The minimum Gasteiger partial charge on any atom is -0.462 e. The number of unbranched alkanes of at least 4 members (excludes halogenated alkanes) is 24. The molecular formula is C75H122O6. The normalized spacial score (nSPS) is 13.1. The lowest BCUT2D eigenvalue weighted by Gasteiger charge is -2.18. The molecule has 0 radical (unpaired) electrons. The smallest absolute Gasteiger partial charge is 0.306 e. The fourth-order valence-electron chi connectivity index (χ4n) is 8.89. The van der Waals surface area contributed by atoms with Crippen LogP contribution in [0, 0.1) is 0 Å². The SMILES string of the molecule is CC/C=C\C/C=C\C/C=C\C/C=C\C/C=C\C/C=C\CCCCCCCCCCCCCCC(=O)OCC(COC(=O)CCCCCCC/C=C\C/C=C\CCC)OC(=O)CCCCCCCC/C=C\C/C=C\C/C=C\C/C=C\CC. The average Bonchev–Trinajstić information content (AvgIpc) is 3.46. The van der Waals surface area contributed by atoms with Crippen LogP contribution in [-0.4, -0.2) is 37.2 Å². The second kappa shape index (κ2) is 67.8. The van der Waals surface area contributed by atoms with Gasteiger partial charge in [-0.3, -0.25) is 14.4 Å². The molecule has 0 aromatic carbocycles. The van der Waals surface area contributed by atoms with Gasteiger partial charge in [-0.25, -0.2) is 0 Å². The summed E-state index contributed by atoms with van der Waals surface area (Å²) in [5.41, 5.74) is 0. The summed E-state index contributed by atoms with van der Waals surface area (Å²) in [6, 6.07) is 0. The molecule has 0 aliphatic carbocycles. The van der Waals surface area contributed by atoms with Gasteiger partial charge in [0.05, 0.1) is 0 Å². The van der Waals surface area contributed by atoms with Gasteiger partial charge in [0.15, 0.2) is 6.10 Å². The fraction of sp³-hybridized carbons (Fsp3) is 0.640. The number of esters is 3. The van der Waals surface area contributed by atoms with Crippen LogP contribution in [0.1, 0.15) is 290 Å². The minimum absolute atomic E-state index is 0.0932. The van der Waals surface area contributed by atoms with Crippen molar-refractivity contribution in [2.24, 2.45) is 0 Å². The van der Waals surface area contributed by atoms with E-state index in [1.54, 1.807) is 0 Å². The van der Waals surface area contributed by atoms with Crippen molar-refractivity contribution in [3.8, 4) is 0 Å². The molecule has 0 heterocycles. The molecule has 6 nitrogen and oxygen atoms in total. The van der Waals surface area contributed by atoms with Crippen LogP contribution >= 0.6 is 0 Å². The molecule has 0 N–H and O–H groups in total. The molecule has 0 aliphatic heterocycles. The van der Waals surface area contributed by atoms with Gasteiger partial charge in [-0.1, -0.05) is 282 Å². The van der Waals surface area contributed by atoms with Crippen LogP contribution in [0.4, 0.5) is 0 Å². The van der Waals surface area contributed by atoms with Gasteiger partial charge in [-0.05, 0) is 135 Å². The highest BCUT2D eigenvalue weighted by Crippen LogP contribution is 2.16. The Morgan fingerprint density at radius 2 is 0.481 bits per heavy atom. The Kier molecular flexibility index (Phi) is 63.9. The van der Waals surface area contributed by atoms with Gasteiger partial charge < -0.3 is 14.2 Å². The van der Waals surface area contributed by atoms with E-state index in [9.17, 15) is 14.4 Å². The molecule has 0 aromatic rings. The van der Waals surface area contributed by atoms with Crippen molar-refractivity contribution in [2.75, 3.05) is 13.2 Å². The number of hydrogen-bond acceptors (Lipinski definition) is 6. The standard InChI is InChI=1S/C75H122O6/c1-4-7-10-13-16-19-22-25-27-29-31-32-33-34-35-36-37-38-39-40-41-42-44-45-47-50-53-56-59-62-65-68-74(77)80-71-72(70-79-73(76)67-64-61-58-55-52-49-24-21-18-15-12-9-6-3)81-75(78)69-66-63-60-57-54-51-48-46-43-30-28-26-23-20-17-14-11-8-5-2/h7-8,10-12,15-17,19-21,24-28,31-32,34-35,37-38,43,46,72H,4-6,9,13-14,18,22-23,29-30,33,36,39-42,44-45,47-71H2,1-3H3/b10-7-,11-8-,15-12-,19-16-,20-17-,24-21-,27-25-,28-26-,32-31-,35-34-,38-37-,46-43-. The van der Waals surface area contributed by atoms with E-state index in [0.717, 1.165) is 167 Å². The summed E-state index contributed by atoms with van der Waals surface area (Å²) in [4.78, 5) is 38.3. The van der Waals surface area contributed by atoms with Gasteiger partial charge in [0, 0.05) is 19.3 Å². The maximum Gasteiger partial charge on any atom is 0.306 e. The number of hydrogen-bond donors (Lipinski definition) is 0. The van der Waals surface area contributed by atoms with Crippen LogP contribution in [0.15, 0.2) is 146 Å². The van der Waals surface area contributed by atoms with Gasteiger partial charge in [-0.2, -0.15) is 0 Å². The van der Waals surface area contributed by atoms with Crippen LogP contribution in [0.5, 0.6) is 0 Å². The van der Waals surface area contributed by atoms with E-state index >= 15 is 0 Å². The van der Waals surface area contributed by atoms with Crippen molar-refractivity contribution in [3.63, 3.8) is 0 Å². The average molecular weight is 1120 g/mol. The zero-order valence-corrected chi connectivity index (χ0v) is 52.5. The zero-order chi connectivity index (χ0) is 58.5. The molecule has 1 unspecified atom stereocenters. The Labute approximate surface area is 499 Å². The lowest BCUT2D eigenvalue weighted by molar-refractivity contribution is -0.167. The highest BCUT2D eigenvalue weighted by molar-refractivity contribution is 5.71. The topological polar surface area (TPSA) is 78.9 Å². The van der Waals surface area contributed by atoms with E-state index in [1.165, 1.54) is 83.5 Å². The summed E-state index contributed by atoms with van der Waals surface area (Å²) >= 11 is 0. The summed E-state index contributed by atoms with van der Waals surface area (Å²) in [6.07, 6.45) is 97.2. The third-order valence-corrected chi connectivity index (χ3v) is 13.8. The second-order valence-electron chi connectivity index (χ2n) is 21.6. The van der Waals surface area contributed by atoms with Gasteiger partial charge in [0.1, 0.15) is 13.2 Å². The molecule has 0 aliphatic rings. The molecule has 458 valence electrons. The molecular weight excluding hydrogens is 997 g/mol. The van der Waals surface area contributed by atoms with Gasteiger partial charge in [0.25, 0.3) is 0 Å². The van der Waals surface area contributed by atoms with Crippen molar-refractivity contribution in [1.82, 2.24) is 0 Å². The first-order valence-corrected chi connectivity index (χ1v) is 33.3. The molecule has 0 fully saturated rings. The number of carbonyl (C=O) groups is 3. The van der Waals surface area contributed by atoms with Crippen LogP contribution < -0.4 is 0 Å². The molecule has 81 heavy (non-hydrogen) atoms. The number of carbonyl (C=O) groups excluding carboxylic acids is 3. The zero-order valence-electron chi connectivity index (χ0n) is 52.5. The number of rotatable bonds is 59. The predicted octanol–water partition coefficient (Wildman–Crippen LogP) is 23.1. The molecule has 0 amide bonds.